The Morgan fingerprint density at radius 1 is 0.854 bits per heavy atom. The number of amides is 2. The molecule has 6 rings (SSSR count). The summed E-state index contributed by atoms with van der Waals surface area (Å²) in [5, 5.41) is 13.0. The van der Waals surface area contributed by atoms with Crippen LogP contribution < -0.4 is 19.5 Å². The van der Waals surface area contributed by atoms with Crippen LogP contribution in [-0.2, 0) is 21.0 Å². The Labute approximate surface area is 280 Å². The fourth-order valence-electron chi connectivity index (χ4n) is 7.12. The number of allylic oxidation sites excluding steroid dienone is 2. The summed E-state index contributed by atoms with van der Waals surface area (Å²) in [4.78, 5) is 44.4. The smallest absolute Gasteiger partial charge is 0.257 e. The standard InChI is InChI=1S/C39H40N2O7/c1-46-31-23-33(48-3)32(47-2)22-30(31)36(37(44)40-28-12-8-5-9-13-28)41-38(45)34(26-16-14-25(24-42)15-17-26)35(27-10-6-4-7-11-27)39(41)20-18-29(43)19-21-39/h4,6-7,10-11,14-23,28,36,42H,5,8-9,12-13,24H2,1-3H3,(H,40,44). The molecule has 9 nitrogen and oxygen atoms in total. The molecule has 48 heavy (non-hydrogen) atoms. The van der Waals surface area contributed by atoms with Crippen LogP contribution in [0.5, 0.6) is 17.2 Å². The van der Waals surface area contributed by atoms with Gasteiger partial charge in [0.25, 0.3) is 5.91 Å². The molecule has 1 aliphatic heterocycles. The van der Waals surface area contributed by atoms with Crippen LogP contribution >= 0.6 is 0 Å². The summed E-state index contributed by atoms with van der Waals surface area (Å²) in [6.07, 6.45) is 11.1. The number of carbonyl (C=O) groups is 3. The zero-order valence-corrected chi connectivity index (χ0v) is 27.4. The monoisotopic (exact) mass is 648 g/mol. The third-order valence-corrected chi connectivity index (χ3v) is 9.46. The highest BCUT2D eigenvalue weighted by atomic mass is 16.5. The molecule has 0 radical (unpaired) electrons. The van der Waals surface area contributed by atoms with Crippen LogP contribution in [0.25, 0.3) is 11.1 Å². The van der Waals surface area contributed by atoms with Gasteiger partial charge in [-0.2, -0.15) is 0 Å². The molecule has 1 unspecified atom stereocenters. The first kappa shape index (κ1) is 32.8. The van der Waals surface area contributed by atoms with E-state index in [0.717, 1.165) is 37.7 Å². The number of nitrogens with one attached hydrogen (secondary N) is 1. The number of hydrogen-bond donors (Lipinski definition) is 2. The molecule has 3 aromatic carbocycles. The number of nitrogens with zero attached hydrogens (tertiary/aromatic N) is 1. The van der Waals surface area contributed by atoms with Gasteiger partial charge in [0.05, 0.1) is 33.5 Å². The van der Waals surface area contributed by atoms with E-state index in [9.17, 15) is 14.7 Å². The van der Waals surface area contributed by atoms with Gasteiger partial charge in [0.2, 0.25) is 5.91 Å². The number of ether oxygens (including phenoxy) is 3. The van der Waals surface area contributed by atoms with Gasteiger partial charge >= 0.3 is 0 Å². The lowest BCUT2D eigenvalue weighted by atomic mass is 9.79. The van der Waals surface area contributed by atoms with Crippen molar-refractivity contribution in [2.75, 3.05) is 21.3 Å². The van der Waals surface area contributed by atoms with Crippen molar-refractivity contribution in [1.82, 2.24) is 10.2 Å². The average molecular weight is 649 g/mol. The molecule has 248 valence electrons. The maximum Gasteiger partial charge on any atom is 0.257 e. The third-order valence-electron chi connectivity index (χ3n) is 9.46. The Balaban J connectivity index is 1.63. The molecule has 1 spiro atoms. The zero-order chi connectivity index (χ0) is 33.8. The molecule has 9 heteroatoms. The van der Waals surface area contributed by atoms with E-state index in [1.165, 1.54) is 33.5 Å². The van der Waals surface area contributed by atoms with Crippen molar-refractivity contribution in [2.24, 2.45) is 0 Å². The molecule has 3 aliphatic rings. The van der Waals surface area contributed by atoms with Crippen LogP contribution in [-0.4, -0.2) is 60.5 Å². The minimum atomic E-state index is -1.34. The van der Waals surface area contributed by atoms with Crippen LogP contribution in [0.3, 0.4) is 0 Å². The molecule has 2 amide bonds. The number of aliphatic hydroxyl groups excluding tert-OH is 1. The number of carbonyl (C=O) groups excluding carboxylic acids is 3. The highest BCUT2D eigenvalue weighted by molar-refractivity contribution is 6.33. The Hall–Kier alpha value is -5.15. The van der Waals surface area contributed by atoms with Crippen LogP contribution in [0.15, 0.2) is 91.0 Å². The normalized spacial score (nSPS) is 18.0. The van der Waals surface area contributed by atoms with E-state index in [0.29, 0.717) is 45.1 Å². The molecule has 1 atom stereocenters. The van der Waals surface area contributed by atoms with Crippen molar-refractivity contribution in [3.8, 4) is 17.2 Å². The average Bonchev–Trinajstić information content (AvgIpc) is 3.37. The van der Waals surface area contributed by atoms with Crippen molar-refractivity contribution < 1.29 is 33.7 Å². The van der Waals surface area contributed by atoms with Gasteiger partial charge in [-0.25, -0.2) is 0 Å². The molecule has 1 heterocycles. The van der Waals surface area contributed by atoms with E-state index >= 15 is 4.79 Å². The summed E-state index contributed by atoms with van der Waals surface area (Å²) in [5.74, 6) is 0.0978. The summed E-state index contributed by atoms with van der Waals surface area (Å²) in [7, 11) is 4.53. The molecule has 0 bridgehead atoms. The second-order valence-corrected chi connectivity index (χ2v) is 12.2. The zero-order valence-electron chi connectivity index (χ0n) is 27.4. The summed E-state index contributed by atoms with van der Waals surface area (Å²) in [5.41, 5.74) is 2.12. The van der Waals surface area contributed by atoms with Gasteiger partial charge in [0.15, 0.2) is 17.3 Å². The molecular weight excluding hydrogens is 608 g/mol. The highest BCUT2D eigenvalue weighted by Gasteiger charge is 2.55. The van der Waals surface area contributed by atoms with Crippen molar-refractivity contribution in [3.05, 3.63) is 113 Å². The largest absolute Gasteiger partial charge is 0.496 e. The molecule has 1 saturated carbocycles. The molecule has 0 saturated heterocycles. The fourth-order valence-corrected chi connectivity index (χ4v) is 7.12. The summed E-state index contributed by atoms with van der Waals surface area (Å²) in [6, 6.07) is 18.7. The van der Waals surface area contributed by atoms with E-state index in [1.54, 1.807) is 53.5 Å². The van der Waals surface area contributed by atoms with E-state index < -0.39 is 17.5 Å². The Kier molecular flexibility index (Phi) is 9.50. The van der Waals surface area contributed by atoms with Crippen molar-refractivity contribution in [2.45, 2.75) is 56.3 Å². The number of aliphatic hydroxyl groups is 1. The van der Waals surface area contributed by atoms with Crippen LogP contribution in [0.4, 0.5) is 0 Å². The number of hydrogen-bond acceptors (Lipinski definition) is 7. The lowest BCUT2D eigenvalue weighted by molar-refractivity contribution is -0.138. The number of ketones is 1. The second-order valence-electron chi connectivity index (χ2n) is 12.2. The van der Waals surface area contributed by atoms with Crippen LogP contribution in [0.2, 0.25) is 0 Å². The maximum atomic E-state index is 15.3. The van der Waals surface area contributed by atoms with Crippen LogP contribution in [0, 0.1) is 0 Å². The lowest BCUT2D eigenvalue weighted by Gasteiger charge is -2.42. The quantitative estimate of drug-likeness (QED) is 0.295. The predicted octanol–water partition coefficient (Wildman–Crippen LogP) is 5.58. The molecule has 1 fully saturated rings. The second kappa shape index (κ2) is 13.9. The Morgan fingerprint density at radius 2 is 1.48 bits per heavy atom. The summed E-state index contributed by atoms with van der Waals surface area (Å²) >= 11 is 0. The summed E-state index contributed by atoms with van der Waals surface area (Å²) in [6.45, 7) is -0.148. The molecular formula is C39H40N2O7. The van der Waals surface area contributed by atoms with E-state index in [2.05, 4.69) is 5.32 Å². The van der Waals surface area contributed by atoms with Gasteiger partial charge < -0.3 is 29.5 Å². The molecule has 0 aromatic heterocycles. The minimum Gasteiger partial charge on any atom is -0.496 e. The Morgan fingerprint density at radius 3 is 2.08 bits per heavy atom. The van der Waals surface area contributed by atoms with Gasteiger partial charge in [-0.05, 0) is 59.9 Å². The van der Waals surface area contributed by atoms with E-state index in [1.807, 2.05) is 30.3 Å². The number of methoxy groups -OCH3 is 3. The highest BCUT2D eigenvalue weighted by Crippen LogP contribution is 2.53. The van der Waals surface area contributed by atoms with Gasteiger partial charge in [0.1, 0.15) is 17.3 Å². The molecule has 2 N–H and O–H groups in total. The minimum absolute atomic E-state index is 0.0559. The number of benzene rings is 3. The van der Waals surface area contributed by atoms with E-state index in [4.69, 9.17) is 14.2 Å². The first-order chi connectivity index (χ1) is 23.3. The number of rotatable bonds is 10. The maximum absolute atomic E-state index is 15.3. The van der Waals surface area contributed by atoms with Crippen molar-refractivity contribution in [3.63, 3.8) is 0 Å². The van der Waals surface area contributed by atoms with Gasteiger partial charge in [0, 0.05) is 23.2 Å². The summed E-state index contributed by atoms with van der Waals surface area (Å²) < 4.78 is 17.1. The first-order valence-corrected chi connectivity index (χ1v) is 16.2. The first-order valence-electron chi connectivity index (χ1n) is 16.2. The van der Waals surface area contributed by atoms with Gasteiger partial charge in [-0.3, -0.25) is 14.4 Å². The third kappa shape index (κ3) is 5.90. The molecule has 2 aliphatic carbocycles. The predicted molar refractivity (Wildman–Crippen MR) is 182 cm³/mol. The molecule has 3 aromatic rings. The fraction of sp³-hybridized carbons (Fsp3) is 0.308. The van der Waals surface area contributed by atoms with E-state index in [-0.39, 0.29) is 24.3 Å². The Bertz CT molecular complexity index is 1770. The van der Waals surface area contributed by atoms with Gasteiger partial charge in [-0.15, -0.1) is 0 Å². The lowest BCUT2D eigenvalue weighted by Crippen LogP contribution is -2.53. The van der Waals surface area contributed by atoms with Crippen molar-refractivity contribution >= 4 is 28.7 Å². The topological polar surface area (TPSA) is 114 Å². The van der Waals surface area contributed by atoms with Crippen LogP contribution in [0.1, 0.15) is 60.4 Å². The SMILES string of the molecule is COc1cc(OC)c(C(C(=O)NC2CCCCC2)N2C(=O)C(c3ccc(CO)cc3)=C(c3ccccc3)C23C=CC(=O)C=C3)cc1OC. The van der Waals surface area contributed by atoms with Gasteiger partial charge in [-0.1, -0.05) is 73.9 Å². The van der Waals surface area contributed by atoms with Crippen molar-refractivity contribution in [1.29, 1.82) is 0 Å².